The number of rotatable bonds is 3. The Kier molecular flexibility index (Phi) is 3.44. The van der Waals surface area contributed by atoms with Gasteiger partial charge in [-0.15, -0.1) is 11.8 Å². The molecule has 3 unspecified atom stereocenters. The number of hydrogen-bond acceptors (Lipinski definition) is 2. The Bertz CT molecular complexity index is 390. The molecule has 1 saturated carbocycles. The Morgan fingerprint density at radius 3 is 3.00 bits per heavy atom. The molecule has 1 aliphatic heterocycles. The van der Waals surface area contributed by atoms with Crippen molar-refractivity contribution >= 4 is 11.8 Å². The number of fused-ring (bicyclic) bond motifs is 1. The van der Waals surface area contributed by atoms with Crippen molar-refractivity contribution in [3.8, 4) is 0 Å². The van der Waals surface area contributed by atoms with E-state index in [-0.39, 0.29) is 0 Å². The second kappa shape index (κ2) is 5.03. The lowest BCUT2D eigenvalue weighted by atomic mass is 10.0. The molecule has 1 aromatic carbocycles. The molecule has 2 aliphatic rings. The van der Waals surface area contributed by atoms with E-state index in [0.29, 0.717) is 0 Å². The van der Waals surface area contributed by atoms with Gasteiger partial charge in [0, 0.05) is 29.2 Å². The fourth-order valence-corrected chi connectivity index (χ4v) is 4.35. The molecule has 3 rings (SSSR count). The van der Waals surface area contributed by atoms with Crippen LogP contribution in [0.25, 0.3) is 0 Å². The number of benzene rings is 1. The summed E-state index contributed by atoms with van der Waals surface area (Å²) in [5.74, 6) is 2.92. The number of nitrogens with one attached hydrogen (secondary N) is 1. The second-order valence-corrected chi connectivity index (χ2v) is 6.63. The standard InChI is InChI=1S/C15H21NS/c1-11-6-7-13(8-11)16-9-12-10-17-15-5-3-2-4-14(12)15/h2-5,11-13,16H,6-10H2,1H3. The highest BCUT2D eigenvalue weighted by Gasteiger charge is 2.25. The van der Waals surface area contributed by atoms with Crippen molar-refractivity contribution in [2.45, 2.75) is 43.0 Å². The molecule has 1 aliphatic carbocycles. The lowest BCUT2D eigenvalue weighted by Crippen LogP contribution is -2.30. The normalized spacial score (nSPS) is 31.7. The van der Waals surface area contributed by atoms with Gasteiger partial charge in [0.1, 0.15) is 0 Å². The van der Waals surface area contributed by atoms with Gasteiger partial charge in [0.2, 0.25) is 0 Å². The third kappa shape index (κ3) is 2.53. The van der Waals surface area contributed by atoms with E-state index in [1.807, 2.05) is 11.8 Å². The van der Waals surface area contributed by atoms with Crippen molar-refractivity contribution in [1.29, 1.82) is 0 Å². The van der Waals surface area contributed by atoms with Crippen LogP contribution in [0.3, 0.4) is 0 Å². The van der Waals surface area contributed by atoms with Gasteiger partial charge in [-0.3, -0.25) is 0 Å². The lowest BCUT2D eigenvalue weighted by molar-refractivity contribution is 0.486. The molecule has 0 bridgehead atoms. The highest BCUT2D eigenvalue weighted by molar-refractivity contribution is 7.99. The molecule has 1 N–H and O–H groups in total. The summed E-state index contributed by atoms with van der Waals surface area (Å²) in [5, 5.41) is 3.78. The summed E-state index contributed by atoms with van der Waals surface area (Å²) in [7, 11) is 0. The SMILES string of the molecule is CC1CCC(NCC2CSc3ccccc32)C1. The van der Waals surface area contributed by atoms with Gasteiger partial charge in [-0.2, -0.15) is 0 Å². The summed E-state index contributed by atoms with van der Waals surface area (Å²) in [6.45, 7) is 3.55. The van der Waals surface area contributed by atoms with Crippen LogP contribution in [0.5, 0.6) is 0 Å². The predicted molar refractivity (Wildman–Crippen MR) is 74.7 cm³/mol. The Hall–Kier alpha value is -0.470. The van der Waals surface area contributed by atoms with Gasteiger partial charge < -0.3 is 5.32 Å². The minimum Gasteiger partial charge on any atom is -0.313 e. The van der Waals surface area contributed by atoms with Gasteiger partial charge in [0.15, 0.2) is 0 Å². The van der Waals surface area contributed by atoms with E-state index < -0.39 is 0 Å². The van der Waals surface area contributed by atoms with Crippen molar-refractivity contribution in [2.75, 3.05) is 12.3 Å². The van der Waals surface area contributed by atoms with Crippen molar-refractivity contribution < 1.29 is 0 Å². The van der Waals surface area contributed by atoms with Crippen LogP contribution in [-0.4, -0.2) is 18.3 Å². The maximum atomic E-state index is 3.78. The molecular formula is C15H21NS. The zero-order chi connectivity index (χ0) is 11.7. The van der Waals surface area contributed by atoms with Crippen LogP contribution in [0, 0.1) is 5.92 Å². The van der Waals surface area contributed by atoms with Crippen LogP contribution in [0.1, 0.15) is 37.7 Å². The summed E-state index contributed by atoms with van der Waals surface area (Å²) >= 11 is 2.02. The van der Waals surface area contributed by atoms with E-state index >= 15 is 0 Å². The van der Waals surface area contributed by atoms with Gasteiger partial charge in [-0.1, -0.05) is 25.1 Å². The zero-order valence-corrected chi connectivity index (χ0v) is 11.3. The fraction of sp³-hybridized carbons (Fsp3) is 0.600. The number of hydrogen-bond donors (Lipinski definition) is 1. The van der Waals surface area contributed by atoms with Crippen LogP contribution in [0.2, 0.25) is 0 Å². The third-order valence-corrected chi connectivity index (χ3v) is 5.40. The molecule has 92 valence electrons. The Balaban J connectivity index is 1.57. The van der Waals surface area contributed by atoms with Crippen molar-refractivity contribution in [3.63, 3.8) is 0 Å². The van der Waals surface area contributed by atoms with Crippen LogP contribution in [0.4, 0.5) is 0 Å². The first-order valence-electron chi connectivity index (χ1n) is 6.78. The fourth-order valence-electron chi connectivity index (χ4n) is 3.10. The quantitative estimate of drug-likeness (QED) is 0.875. The maximum absolute atomic E-state index is 3.78. The van der Waals surface area contributed by atoms with Crippen LogP contribution in [0.15, 0.2) is 29.2 Å². The molecule has 0 amide bonds. The molecule has 0 aromatic heterocycles. The van der Waals surface area contributed by atoms with Gasteiger partial charge in [-0.25, -0.2) is 0 Å². The molecule has 3 atom stereocenters. The molecule has 1 aromatic rings. The minimum absolute atomic E-state index is 0.729. The first kappa shape index (κ1) is 11.6. The Morgan fingerprint density at radius 1 is 1.29 bits per heavy atom. The monoisotopic (exact) mass is 247 g/mol. The lowest BCUT2D eigenvalue weighted by Gasteiger charge is -2.16. The smallest absolute Gasteiger partial charge is 0.0108 e. The van der Waals surface area contributed by atoms with Crippen molar-refractivity contribution in [2.24, 2.45) is 5.92 Å². The van der Waals surface area contributed by atoms with Crippen LogP contribution in [-0.2, 0) is 0 Å². The summed E-state index contributed by atoms with van der Waals surface area (Å²) in [4.78, 5) is 1.50. The second-order valence-electron chi connectivity index (χ2n) is 5.57. The average molecular weight is 247 g/mol. The highest BCUT2D eigenvalue weighted by Crippen LogP contribution is 2.39. The largest absolute Gasteiger partial charge is 0.313 e. The van der Waals surface area contributed by atoms with E-state index in [1.54, 1.807) is 5.56 Å². The van der Waals surface area contributed by atoms with Crippen LogP contribution < -0.4 is 5.32 Å². The zero-order valence-electron chi connectivity index (χ0n) is 10.5. The summed E-state index contributed by atoms with van der Waals surface area (Å²) in [6, 6.07) is 9.68. The number of thioether (sulfide) groups is 1. The summed E-state index contributed by atoms with van der Waals surface area (Å²) < 4.78 is 0. The van der Waals surface area contributed by atoms with E-state index in [2.05, 4.69) is 36.5 Å². The molecule has 1 nitrogen and oxygen atoms in total. The Morgan fingerprint density at radius 2 is 2.18 bits per heavy atom. The maximum Gasteiger partial charge on any atom is 0.0108 e. The van der Waals surface area contributed by atoms with Gasteiger partial charge in [0.25, 0.3) is 0 Å². The third-order valence-electron chi connectivity index (χ3n) is 4.15. The van der Waals surface area contributed by atoms with Crippen molar-refractivity contribution in [1.82, 2.24) is 5.32 Å². The molecule has 1 heterocycles. The molecule has 0 spiro atoms. The van der Waals surface area contributed by atoms with Gasteiger partial charge >= 0.3 is 0 Å². The van der Waals surface area contributed by atoms with E-state index in [9.17, 15) is 0 Å². The predicted octanol–water partition coefficient (Wildman–Crippen LogP) is 3.65. The first-order valence-corrected chi connectivity index (χ1v) is 7.76. The molecule has 0 radical (unpaired) electrons. The molecule has 17 heavy (non-hydrogen) atoms. The highest BCUT2D eigenvalue weighted by atomic mass is 32.2. The van der Waals surface area contributed by atoms with E-state index in [4.69, 9.17) is 0 Å². The first-order chi connectivity index (χ1) is 8.33. The van der Waals surface area contributed by atoms with Crippen LogP contribution >= 0.6 is 11.8 Å². The summed E-state index contributed by atoms with van der Waals surface area (Å²) in [6.07, 6.45) is 4.16. The van der Waals surface area contributed by atoms with Gasteiger partial charge in [-0.05, 0) is 36.8 Å². The molecule has 1 fully saturated rings. The van der Waals surface area contributed by atoms with Gasteiger partial charge in [0.05, 0.1) is 0 Å². The molecule has 0 saturated heterocycles. The topological polar surface area (TPSA) is 12.0 Å². The minimum atomic E-state index is 0.729. The molecular weight excluding hydrogens is 226 g/mol. The molecule has 2 heteroatoms. The summed E-state index contributed by atoms with van der Waals surface area (Å²) in [5.41, 5.74) is 1.57. The van der Waals surface area contributed by atoms with E-state index in [1.165, 1.54) is 36.5 Å². The Labute approximate surface area is 108 Å². The van der Waals surface area contributed by atoms with Crippen molar-refractivity contribution in [3.05, 3.63) is 29.8 Å². The average Bonchev–Trinajstić information content (AvgIpc) is 2.93. The van der Waals surface area contributed by atoms with E-state index in [0.717, 1.165) is 17.9 Å².